The average molecular weight is 314 g/mol. The van der Waals surface area contributed by atoms with Crippen molar-refractivity contribution in [3.8, 4) is 0 Å². The highest BCUT2D eigenvalue weighted by Crippen LogP contribution is 2.27. The summed E-state index contributed by atoms with van der Waals surface area (Å²) in [5, 5.41) is 3.79. The van der Waals surface area contributed by atoms with Gasteiger partial charge in [0.05, 0.1) is 5.92 Å². The zero-order valence-electron chi connectivity index (χ0n) is 12.3. The Morgan fingerprint density at radius 3 is 2.67 bits per heavy atom. The zero-order chi connectivity index (χ0) is 14.9. The summed E-state index contributed by atoms with van der Waals surface area (Å²) in [4.78, 5) is 4.23. The largest absolute Gasteiger partial charge is 0.339 e. The Labute approximate surface area is 125 Å². The molecule has 1 aromatic heterocycles. The molecule has 1 N–H and O–H groups in total. The van der Waals surface area contributed by atoms with Gasteiger partial charge < -0.3 is 4.52 Å². The standard InChI is InChI=1S/C13H22N4O3S/c1-10-14-13(20-15-10)11-5-4-8-17(9-11)21(18,19)16-12-6-2-3-7-12/h11-12,16H,2-9H2,1H3/t11-/m0/s1. The van der Waals surface area contributed by atoms with E-state index >= 15 is 0 Å². The molecule has 1 saturated heterocycles. The fourth-order valence-corrected chi connectivity index (χ4v) is 4.72. The van der Waals surface area contributed by atoms with Gasteiger partial charge in [-0.1, -0.05) is 18.0 Å². The van der Waals surface area contributed by atoms with Crippen LogP contribution >= 0.6 is 0 Å². The van der Waals surface area contributed by atoms with E-state index in [9.17, 15) is 8.42 Å². The van der Waals surface area contributed by atoms with Crippen LogP contribution in [-0.2, 0) is 10.2 Å². The van der Waals surface area contributed by atoms with Crippen molar-refractivity contribution >= 4 is 10.2 Å². The van der Waals surface area contributed by atoms with Crippen molar-refractivity contribution in [2.45, 2.75) is 57.4 Å². The minimum atomic E-state index is -3.41. The zero-order valence-corrected chi connectivity index (χ0v) is 13.1. The van der Waals surface area contributed by atoms with E-state index in [-0.39, 0.29) is 12.0 Å². The molecule has 0 bridgehead atoms. The highest BCUT2D eigenvalue weighted by atomic mass is 32.2. The van der Waals surface area contributed by atoms with Crippen molar-refractivity contribution in [2.75, 3.05) is 13.1 Å². The van der Waals surface area contributed by atoms with Crippen LogP contribution in [-0.4, -0.2) is 42.0 Å². The third kappa shape index (κ3) is 3.44. The van der Waals surface area contributed by atoms with E-state index in [4.69, 9.17) is 4.52 Å². The van der Waals surface area contributed by atoms with E-state index in [1.807, 2.05) is 0 Å². The van der Waals surface area contributed by atoms with Crippen molar-refractivity contribution in [1.29, 1.82) is 0 Å². The maximum Gasteiger partial charge on any atom is 0.279 e. The molecule has 2 aliphatic rings. The first kappa shape index (κ1) is 14.9. The number of nitrogens with one attached hydrogen (secondary N) is 1. The monoisotopic (exact) mass is 314 g/mol. The van der Waals surface area contributed by atoms with Crippen LogP contribution in [0.25, 0.3) is 0 Å². The van der Waals surface area contributed by atoms with Crippen LogP contribution in [0.3, 0.4) is 0 Å². The van der Waals surface area contributed by atoms with Gasteiger partial charge in [-0.15, -0.1) is 0 Å². The quantitative estimate of drug-likeness (QED) is 0.906. The Bertz CT molecular complexity index is 580. The lowest BCUT2D eigenvalue weighted by Crippen LogP contribution is -2.48. The highest BCUT2D eigenvalue weighted by molar-refractivity contribution is 7.87. The number of hydrogen-bond donors (Lipinski definition) is 1. The van der Waals surface area contributed by atoms with Crippen LogP contribution in [0, 0.1) is 6.92 Å². The SMILES string of the molecule is Cc1noc([C@H]2CCCN(S(=O)(=O)NC3CCCC3)C2)n1. The number of piperidine rings is 1. The molecule has 2 fully saturated rings. The van der Waals surface area contributed by atoms with Crippen molar-refractivity contribution in [3.05, 3.63) is 11.7 Å². The van der Waals surface area contributed by atoms with E-state index in [2.05, 4.69) is 14.9 Å². The van der Waals surface area contributed by atoms with Crippen LogP contribution in [0.4, 0.5) is 0 Å². The predicted molar refractivity (Wildman–Crippen MR) is 76.9 cm³/mol. The van der Waals surface area contributed by atoms with Gasteiger partial charge in [-0.2, -0.15) is 22.4 Å². The molecule has 0 radical (unpaired) electrons. The van der Waals surface area contributed by atoms with Gasteiger partial charge >= 0.3 is 0 Å². The molecule has 2 heterocycles. The number of rotatable bonds is 4. The summed E-state index contributed by atoms with van der Waals surface area (Å²) in [6, 6.07) is 0.0982. The summed E-state index contributed by atoms with van der Waals surface area (Å²) in [6.07, 6.45) is 5.81. The van der Waals surface area contributed by atoms with Crippen LogP contribution < -0.4 is 4.72 Å². The Morgan fingerprint density at radius 1 is 1.24 bits per heavy atom. The first-order chi connectivity index (χ1) is 10.0. The Kier molecular flexibility index (Phi) is 4.28. The third-order valence-corrected chi connectivity index (χ3v) is 5.93. The summed E-state index contributed by atoms with van der Waals surface area (Å²) >= 11 is 0. The predicted octanol–water partition coefficient (Wildman–Crippen LogP) is 1.33. The topological polar surface area (TPSA) is 88.3 Å². The molecule has 1 aliphatic carbocycles. The molecule has 3 rings (SSSR count). The molecule has 21 heavy (non-hydrogen) atoms. The lowest BCUT2D eigenvalue weighted by molar-refractivity contribution is 0.262. The lowest BCUT2D eigenvalue weighted by Gasteiger charge is -2.31. The van der Waals surface area contributed by atoms with Crippen molar-refractivity contribution in [1.82, 2.24) is 19.2 Å². The van der Waals surface area contributed by atoms with Gasteiger partial charge in [-0.25, -0.2) is 0 Å². The molecule has 0 aromatic carbocycles. The van der Waals surface area contributed by atoms with Gasteiger partial charge in [0, 0.05) is 19.1 Å². The summed E-state index contributed by atoms with van der Waals surface area (Å²) in [6.45, 7) is 2.75. The van der Waals surface area contributed by atoms with Crippen LogP contribution in [0.2, 0.25) is 0 Å². The first-order valence-electron chi connectivity index (χ1n) is 7.62. The van der Waals surface area contributed by atoms with Crippen molar-refractivity contribution in [2.24, 2.45) is 0 Å². The molecule has 0 unspecified atom stereocenters. The molecule has 0 spiro atoms. The summed E-state index contributed by atoms with van der Waals surface area (Å²) in [5.41, 5.74) is 0. The number of hydrogen-bond acceptors (Lipinski definition) is 5. The van der Waals surface area contributed by atoms with Gasteiger partial charge in [0.25, 0.3) is 10.2 Å². The van der Waals surface area contributed by atoms with Gasteiger partial charge in [0.15, 0.2) is 5.82 Å². The maximum atomic E-state index is 12.5. The number of nitrogens with zero attached hydrogens (tertiary/aromatic N) is 3. The van der Waals surface area contributed by atoms with E-state index in [1.165, 1.54) is 4.31 Å². The second-order valence-electron chi connectivity index (χ2n) is 5.98. The number of aryl methyl sites for hydroxylation is 1. The number of aromatic nitrogens is 2. The van der Waals surface area contributed by atoms with Crippen LogP contribution in [0.15, 0.2) is 4.52 Å². The van der Waals surface area contributed by atoms with E-state index in [0.717, 1.165) is 38.5 Å². The molecule has 1 saturated carbocycles. The molecule has 8 heteroatoms. The molecular weight excluding hydrogens is 292 g/mol. The van der Waals surface area contributed by atoms with Crippen LogP contribution in [0.5, 0.6) is 0 Å². The second-order valence-corrected chi connectivity index (χ2v) is 7.68. The lowest BCUT2D eigenvalue weighted by atomic mass is 10.00. The van der Waals surface area contributed by atoms with Crippen molar-refractivity contribution < 1.29 is 12.9 Å². The molecular formula is C13H22N4O3S. The fraction of sp³-hybridized carbons (Fsp3) is 0.846. The second kappa shape index (κ2) is 6.02. The van der Waals surface area contributed by atoms with E-state index in [0.29, 0.717) is 24.8 Å². The Morgan fingerprint density at radius 2 is 2.00 bits per heavy atom. The minimum absolute atomic E-state index is 0.0000954. The van der Waals surface area contributed by atoms with E-state index in [1.54, 1.807) is 6.92 Å². The van der Waals surface area contributed by atoms with Gasteiger partial charge in [0.1, 0.15) is 0 Å². The Hall–Kier alpha value is -0.990. The fourth-order valence-electron chi connectivity index (χ4n) is 3.17. The van der Waals surface area contributed by atoms with Gasteiger partial charge in [-0.05, 0) is 32.6 Å². The third-order valence-electron chi connectivity index (χ3n) is 4.29. The summed E-state index contributed by atoms with van der Waals surface area (Å²) in [7, 11) is -3.41. The molecule has 7 nitrogen and oxygen atoms in total. The molecule has 1 atom stereocenters. The average Bonchev–Trinajstić information content (AvgIpc) is 3.10. The Balaban J connectivity index is 1.67. The highest BCUT2D eigenvalue weighted by Gasteiger charge is 2.33. The smallest absolute Gasteiger partial charge is 0.279 e. The molecule has 0 amide bonds. The van der Waals surface area contributed by atoms with Crippen LogP contribution in [0.1, 0.15) is 56.2 Å². The molecule has 1 aliphatic heterocycles. The van der Waals surface area contributed by atoms with Crippen molar-refractivity contribution in [3.63, 3.8) is 0 Å². The summed E-state index contributed by atoms with van der Waals surface area (Å²) in [5.74, 6) is 1.14. The molecule has 118 valence electrons. The van der Waals surface area contributed by atoms with E-state index < -0.39 is 10.2 Å². The minimum Gasteiger partial charge on any atom is -0.339 e. The maximum absolute atomic E-state index is 12.5. The summed E-state index contributed by atoms with van der Waals surface area (Å²) < 4.78 is 34.5. The normalized spacial score (nSPS) is 25.5. The van der Waals surface area contributed by atoms with Gasteiger partial charge in [-0.3, -0.25) is 0 Å². The first-order valence-corrected chi connectivity index (χ1v) is 9.06. The molecule has 1 aromatic rings. The van der Waals surface area contributed by atoms with Gasteiger partial charge in [0.2, 0.25) is 5.89 Å².